The molecule has 1 atom stereocenters. The fourth-order valence-electron chi connectivity index (χ4n) is 2.08. The summed E-state index contributed by atoms with van der Waals surface area (Å²) in [5, 5.41) is 7.20. The Labute approximate surface area is 161 Å². The lowest BCUT2D eigenvalue weighted by molar-refractivity contribution is -0.127. The number of esters is 1. The molecule has 1 aromatic carbocycles. The lowest BCUT2D eigenvalue weighted by Gasteiger charge is -2.14. The second-order valence-corrected chi connectivity index (χ2v) is 6.17. The van der Waals surface area contributed by atoms with Gasteiger partial charge in [0.15, 0.2) is 11.9 Å². The largest absolute Gasteiger partial charge is 0.459 e. The predicted molar refractivity (Wildman–Crippen MR) is 99.8 cm³/mol. The van der Waals surface area contributed by atoms with Gasteiger partial charge in [-0.05, 0) is 57.2 Å². The van der Waals surface area contributed by atoms with Crippen molar-refractivity contribution >= 4 is 29.5 Å². The second kappa shape index (κ2) is 9.36. The van der Waals surface area contributed by atoms with Crippen molar-refractivity contribution in [2.24, 2.45) is 0 Å². The minimum Gasteiger partial charge on any atom is -0.459 e. The molecule has 0 radical (unpaired) electrons. The van der Waals surface area contributed by atoms with E-state index in [1.54, 1.807) is 19.9 Å². The van der Waals surface area contributed by atoms with Gasteiger partial charge in [0.05, 0.1) is 11.8 Å². The van der Waals surface area contributed by atoms with Gasteiger partial charge in [-0.25, -0.2) is 9.59 Å². The first-order valence-corrected chi connectivity index (χ1v) is 8.53. The van der Waals surface area contributed by atoms with Crippen LogP contribution in [0.1, 0.15) is 41.7 Å². The highest BCUT2D eigenvalue weighted by atomic mass is 16.5. The maximum Gasteiger partial charge on any atom is 0.338 e. The van der Waals surface area contributed by atoms with E-state index in [0.717, 1.165) is 0 Å². The number of anilines is 1. The van der Waals surface area contributed by atoms with Crippen molar-refractivity contribution in [1.29, 1.82) is 0 Å². The fourth-order valence-corrected chi connectivity index (χ4v) is 2.08. The van der Waals surface area contributed by atoms with E-state index in [1.807, 2.05) is 0 Å². The van der Waals surface area contributed by atoms with Crippen molar-refractivity contribution in [3.63, 3.8) is 0 Å². The topological polar surface area (TPSA) is 127 Å². The Morgan fingerprint density at radius 3 is 2.25 bits per heavy atom. The van der Waals surface area contributed by atoms with Crippen LogP contribution in [-0.2, 0) is 9.53 Å². The Balaban J connectivity index is 1.89. The van der Waals surface area contributed by atoms with Crippen molar-refractivity contribution in [3.05, 3.63) is 54.0 Å². The summed E-state index contributed by atoms with van der Waals surface area (Å²) in [6.45, 7) is 4.84. The number of amides is 4. The van der Waals surface area contributed by atoms with Crippen LogP contribution >= 0.6 is 0 Å². The zero-order valence-electron chi connectivity index (χ0n) is 15.6. The van der Waals surface area contributed by atoms with E-state index < -0.39 is 29.9 Å². The lowest BCUT2D eigenvalue weighted by atomic mass is 10.2. The molecule has 0 aliphatic rings. The normalized spacial score (nSPS) is 11.4. The molecule has 2 rings (SSSR count). The molecular formula is C19H21N3O6. The quantitative estimate of drug-likeness (QED) is 0.653. The van der Waals surface area contributed by atoms with E-state index >= 15 is 0 Å². The van der Waals surface area contributed by atoms with Crippen molar-refractivity contribution in [3.8, 4) is 0 Å². The number of carbonyl (C=O) groups excluding carboxylic acids is 4. The minimum absolute atomic E-state index is 0.141. The zero-order chi connectivity index (χ0) is 20.7. The van der Waals surface area contributed by atoms with E-state index in [4.69, 9.17) is 9.15 Å². The lowest BCUT2D eigenvalue weighted by Crippen LogP contribution is -2.46. The Bertz CT molecular complexity index is 843. The van der Waals surface area contributed by atoms with Gasteiger partial charge < -0.3 is 19.8 Å². The van der Waals surface area contributed by atoms with Crippen LogP contribution in [0.25, 0.3) is 0 Å². The van der Waals surface area contributed by atoms with Crippen molar-refractivity contribution in [2.45, 2.75) is 32.9 Å². The predicted octanol–water partition coefficient (Wildman–Crippen LogP) is 2.31. The molecule has 9 nitrogen and oxygen atoms in total. The third-order valence-corrected chi connectivity index (χ3v) is 3.43. The van der Waals surface area contributed by atoms with Crippen LogP contribution in [0.3, 0.4) is 0 Å². The fraction of sp³-hybridized carbons (Fsp3) is 0.263. The average Bonchev–Trinajstić information content (AvgIpc) is 3.16. The second-order valence-electron chi connectivity index (χ2n) is 6.17. The standard InChI is InChI=1S/C19H21N3O6/c1-11(2)20-19(26)22-16(23)12(3)28-18(25)13-6-8-14(9-7-13)21-17(24)15-5-4-10-27-15/h4-12H,1-3H3,(H,21,24)(H2,20,22,23,26)/t12-/m1/s1. The van der Waals surface area contributed by atoms with Gasteiger partial charge in [-0.2, -0.15) is 0 Å². The number of ether oxygens (including phenoxy) is 1. The van der Waals surface area contributed by atoms with Gasteiger partial charge in [-0.1, -0.05) is 0 Å². The number of imide groups is 1. The molecule has 0 spiro atoms. The zero-order valence-corrected chi connectivity index (χ0v) is 15.6. The molecule has 1 aromatic heterocycles. The summed E-state index contributed by atoms with van der Waals surface area (Å²) in [7, 11) is 0. The van der Waals surface area contributed by atoms with E-state index in [9.17, 15) is 19.2 Å². The average molecular weight is 387 g/mol. The molecule has 1 heterocycles. The number of nitrogens with one attached hydrogen (secondary N) is 3. The summed E-state index contributed by atoms with van der Waals surface area (Å²) >= 11 is 0. The van der Waals surface area contributed by atoms with Crippen molar-refractivity contribution in [2.75, 3.05) is 5.32 Å². The molecule has 3 N–H and O–H groups in total. The van der Waals surface area contributed by atoms with Crippen LogP contribution in [0.5, 0.6) is 0 Å². The Hall–Kier alpha value is -3.62. The van der Waals surface area contributed by atoms with Crippen LogP contribution in [0.15, 0.2) is 47.1 Å². The number of urea groups is 1. The highest BCUT2D eigenvalue weighted by Gasteiger charge is 2.21. The first kappa shape index (κ1) is 20.7. The molecule has 0 saturated heterocycles. The SMILES string of the molecule is CC(C)NC(=O)NC(=O)[C@@H](C)OC(=O)c1ccc(NC(=O)c2ccco2)cc1. The highest BCUT2D eigenvalue weighted by Crippen LogP contribution is 2.13. The number of hydrogen-bond donors (Lipinski definition) is 3. The molecule has 9 heteroatoms. The third kappa shape index (κ3) is 5.97. The summed E-state index contributed by atoms with van der Waals surface area (Å²) in [6, 6.07) is 8.22. The summed E-state index contributed by atoms with van der Waals surface area (Å²) in [5.41, 5.74) is 0.636. The van der Waals surface area contributed by atoms with Crippen molar-refractivity contribution in [1.82, 2.24) is 10.6 Å². The monoisotopic (exact) mass is 387 g/mol. The Morgan fingerprint density at radius 1 is 1.00 bits per heavy atom. The molecule has 0 unspecified atom stereocenters. The number of furan rings is 1. The van der Waals surface area contributed by atoms with Gasteiger partial charge in [0, 0.05) is 11.7 Å². The number of hydrogen-bond acceptors (Lipinski definition) is 6. The first-order chi connectivity index (χ1) is 13.3. The molecule has 0 aliphatic heterocycles. The number of benzene rings is 1. The van der Waals surface area contributed by atoms with Gasteiger partial charge in [0.25, 0.3) is 11.8 Å². The molecular weight excluding hydrogens is 366 g/mol. The molecule has 28 heavy (non-hydrogen) atoms. The summed E-state index contributed by atoms with van der Waals surface area (Å²) < 4.78 is 10.0. The maximum absolute atomic E-state index is 12.1. The summed E-state index contributed by atoms with van der Waals surface area (Å²) in [4.78, 5) is 47.4. The van der Waals surface area contributed by atoms with Crippen LogP contribution in [0.2, 0.25) is 0 Å². The van der Waals surface area contributed by atoms with Crippen molar-refractivity contribution < 1.29 is 28.3 Å². The highest BCUT2D eigenvalue weighted by molar-refractivity contribution is 6.02. The molecule has 0 saturated carbocycles. The Morgan fingerprint density at radius 2 is 1.68 bits per heavy atom. The number of carbonyl (C=O) groups is 4. The minimum atomic E-state index is -1.16. The van der Waals surface area contributed by atoms with E-state index in [2.05, 4.69) is 16.0 Å². The first-order valence-electron chi connectivity index (χ1n) is 8.53. The van der Waals surface area contributed by atoms with Gasteiger partial charge in [-0.15, -0.1) is 0 Å². The number of rotatable bonds is 6. The third-order valence-electron chi connectivity index (χ3n) is 3.43. The van der Waals surface area contributed by atoms with E-state index in [-0.39, 0.29) is 17.4 Å². The smallest absolute Gasteiger partial charge is 0.338 e. The molecule has 0 aliphatic carbocycles. The van der Waals surface area contributed by atoms with Gasteiger partial charge in [-0.3, -0.25) is 14.9 Å². The van der Waals surface area contributed by atoms with Gasteiger partial charge in [0.1, 0.15) is 0 Å². The molecule has 148 valence electrons. The molecule has 0 fully saturated rings. The molecule has 0 bridgehead atoms. The van der Waals surface area contributed by atoms with Gasteiger partial charge in [0.2, 0.25) is 0 Å². The van der Waals surface area contributed by atoms with E-state index in [0.29, 0.717) is 5.69 Å². The van der Waals surface area contributed by atoms with Crippen LogP contribution in [0.4, 0.5) is 10.5 Å². The van der Waals surface area contributed by atoms with E-state index in [1.165, 1.54) is 43.5 Å². The summed E-state index contributed by atoms with van der Waals surface area (Å²) in [6.07, 6.45) is 0.224. The molecule has 4 amide bonds. The molecule has 2 aromatic rings. The van der Waals surface area contributed by atoms with Crippen LogP contribution in [0, 0.1) is 0 Å². The Kier molecular flexibility index (Phi) is 6.91. The van der Waals surface area contributed by atoms with Gasteiger partial charge >= 0.3 is 12.0 Å². The van der Waals surface area contributed by atoms with Crippen LogP contribution < -0.4 is 16.0 Å². The van der Waals surface area contributed by atoms with Crippen LogP contribution in [-0.4, -0.2) is 36.0 Å². The summed E-state index contributed by atoms with van der Waals surface area (Å²) in [5.74, 6) is -1.75. The maximum atomic E-state index is 12.1.